The van der Waals surface area contributed by atoms with Gasteiger partial charge in [-0.25, -0.2) is 4.57 Å². The molecule has 68 heavy (non-hydrogen) atoms. The Hall–Kier alpha value is -3.60. The fourth-order valence-electron chi connectivity index (χ4n) is 6.59. The van der Waals surface area contributed by atoms with E-state index in [-0.39, 0.29) is 19.3 Å². The highest BCUT2D eigenvalue weighted by molar-refractivity contribution is 7.47. The van der Waals surface area contributed by atoms with Crippen molar-refractivity contribution < 1.29 is 52.2 Å². The van der Waals surface area contributed by atoms with Crippen LogP contribution in [0.15, 0.2) is 97.2 Å². The molecule has 0 saturated carbocycles. The zero-order valence-electron chi connectivity index (χ0n) is 42.5. The van der Waals surface area contributed by atoms with Crippen molar-refractivity contribution in [3.63, 3.8) is 0 Å². The molecule has 0 rings (SSSR count). The normalized spacial score (nSPS) is 14.2. The van der Waals surface area contributed by atoms with E-state index in [0.717, 1.165) is 83.5 Å². The van der Waals surface area contributed by atoms with Gasteiger partial charge in [-0.05, 0) is 83.5 Å². The fourth-order valence-corrected chi connectivity index (χ4v) is 7.38. The van der Waals surface area contributed by atoms with Crippen molar-refractivity contribution in [2.24, 2.45) is 0 Å². The molecule has 388 valence electrons. The van der Waals surface area contributed by atoms with E-state index < -0.39 is 64.4 Å². The number of rotatable bonds is 47. The Balaban J connectivity index is 4.88. The topological polar surface area (TPSA) is 155 Å². The number of ether oxygens (including phenoxy) is 3. The number of phosphoric ester groups is 1. The molecule has 0 aromatic carbocycles. The summed E-state index contributed by atoms with van der Waals surface area (Å²) in [4.78, 5) is 48.3. The Bertz CT molecular complexity index is 1510. The van der Waals surface area contributed by atoms with E-state index in [1.807, 2.05) is 12.2 Å². The average molecular weight is 973 g/mol. The van der Waals surface area contributed by atoms with Crippen LogP contribution in [0.2, 0.25) is 0 Å². The van der Waals surface area contributed by atoms with E-state index in [2.05, 4.69) is 106 Å². The van der Waals surface area contributed by atoms with Gasteiger partial charge in [0.2, 0.25) is 0 Å². The summed E-state index contributed by atoms with van der Waals surface area (Å²) in [6, 6.07) is 0. The van der Waals surface area contributed by atoms with Gasteiger partial charge in [-0.1, -0.05) is 195 Å². The molecule has 2 N–H and O–H groups in total. The van der Waals surface area contributed by atoms with Gasteiger partial charge < -0.3 is 24.2 Å². The second-order valence-corrected chi connectivity index (χ2v) is 18.4. The van der Waals surface area contributed by atoms with Crippen molar-refractivity contribution in [1.29, 1.82) is 0 Å². The molecule has 0 heterocycles. The maximum absolute atomic E-state index is 12.8. The highest BCUT2D eigenvalue weighted by atomic mass is 31.2. The lowest BCUT2D eigenvalue weighted by Gasteiger charge is -2.21. The molecule has 0 saturated heterocycles. The fraction of sp³-hybridized carbons (Fsp3) is 0.661. The van der Waals surface area contributed by atoms with Gasteiger partial charge in [0.25, 0.3) is 0 Å². The van der Waals surface area contributed by atoms with Gasteiger partial charge in [0.15, 0.2) is 6.10 Å². The second-order valence-electron chi connectivity index (χ2n) is 16.9. The molecule has 3 atom stereocenters. The number of aliphatic hydroxyl groups excluding tert-OH is 1. The summed E-state index contributed by atoms with van der Waals surface area (Å²) in [6.07, 6.45) is 56.8. The van der Waals surface area contributed by atoms with E-state index in [9.17, 15) is 28.9 Å². The number of esters is 3. The van der Waals surface area contributed by atoms with E-state index in [4.69, 9.17) is 23.3 Å². The molecule has 0 bridgehead atoms. The van der Waals surface area contributed by atoms with Crippen LogP contribution in [0.3, 0.4) is 0 Å². The number of carbonyl (C=O) groups excluding carboxylic acids is 3. The zero-order valence-corrected chi connectivity index (χ0v) is 43.4. The summed E-state index contributed by atoms with van der Waals surface area (Å²) < 4.78 is 39.2. The average Bonchev–Trinajstić information content (AvgIpc) is 3.32. The number of aliphatic hydroxyl groups is 1. The minimum atomic E-state index is -4.77. The lowest BCUT2D eigenvalue weighted by molar-refractivity contribution is -0.161. The van der Waals surface area contributed by atoms with Crippen LogP contribution in [0, 0.1) is 0 Å². The Morgan fingerprint density at radius 1 is 0.426 bits per heavy atom. The van der Waals surface area contributed by atoms with Crippen molar-refractivity contribution in [3.8, 4) is 0 Å². The van der Waals surface area contributed by atoms with Crippen molar-refractivity contribution in [2.75, 3.05) is 26.4 Å². The first-order valence-electron chi connectivity index (χ1n) is 26.1. The van der Waals surface area contributed by atoms with Crippen LogP contribution in [0.4, 0.5) is 0 Å². The summed E-state index contributed by atoms with van der Waals surface area (Å²) in [7, 11) is -4.77. The molecule has 0 aliphatic carbocycles. The van der Waals surface area contributed by atoms with E-state index in [1.54, 1.807) is 0 Å². The third-order valence-corrected chi connectivity index (χ3v) is 11.5. The van der Waals surface area contributed by atoms with E-state index in [0.29, 0.717) is 19.3 Å². The number of phosphoric acid groups is 1. The maximum atomic E-state index is 12.8. The van der Waals surface area contributed by atoms with E-state index in [1.165, 1.54) is 57.8 Å². The van der Waals surface area contributed by atoms with Crippen LogP contribution in [-0.2, 0) is 42.2 Å². The molecule has 0 aliphatic rings. The SMILES string of the molecule is CC/C=C\C/C=C\C/C=C\C/C=C\CCCCC(=O)OC(COC(=O)CC/C=C\C/C=C\C/C=C\C/C=C\CC)COP(=O)(O)OCC(CO)OC(=O)CCCCCCCCCCCCCCC. The number of unbranched alkanes of at least 4 members (excludes halogenated alkanes) is 14. The first-order valence-corrected chi connectivity index (χ1v) is 27.6. The van der Waals surface area contributed by atoms with Crippen LogP contribution in [-0.4, -0.2) is 66.5 Å². The van der Waals surface area contributed by atoms with Crippen molar-refractivity contribution in [3.05, 3.63) is 97.2 Å². The number of hydrogen-bond donors (Lipinski definition) is 2. The summed E-state index contributed by atoms with van der Waals surface area (Å²) in [5.74, 6) is -1.62. The van der Waals surface area contributed by atoms with Gasteiger partial charge in [-0.3, -0.25) is 23.4 Å². The van der Waals surface area contributed by atoms with Crippen LogP contribution < -0.4 is 0 Å². The summed E-state index contributed by atoms with van der Waals surface area (Å²) in [5, 5.41) is 9.78. The first-order chi connectivity index (χ1) is 33.2. The highest BCUT2D eigenvalue weighted by Gasteiger charge is 2.28. The van der Waals surface area contributed by atoms with E-state index >= 15 is 0 Å². The molecule has 0 aliphatic heterocycles. The minimum Gasteiger partial charge on any atom is -0.462 e. The lowest BCUT2D eigenvalue weighted by atomic mass is 10.0. The van der Waals surface area contributed by atoms with Crippen LogP contribution in [0.5, 0.6) is 0 Å². The summed E-state index contributed by atoms with van der Waals surface area (Å²) >= 11 is 0. The molecular formula is C56H93O11P. The predicted molar refractivity (Wildman–Crippen MR) is 279 cm³/mol. The summed E-state index contributed by atoms with van der Waals surface area (Å²) in [6.45, 7) is 4.26. The molecule has 0 aromatic heterocycles. The molecule has 3 unspecified atom stereocenters. The Morgan fingerprint density at radius 3 is 1.24 bits per heavy atom. The molecular weight excluding hydrogens is 880 g/mol. The third-order valence-electron chi connectivity index (χ3n) is 10.5. The zero-order chi connectivity index (χ0) is 49.9. The van der Waals surface area contributed by atoms with Gasteiger partial charge in [-0.2, -0.15) is 0 Å². The maximum Gasteiger partial charge on any atom is 0.472 e. The second kappa shape index (κ2) is 49.8. The van der Waals surface area contributed by atoms with Crippen molar-refractivity contribution in [1.82, 2.24) is 0 Å². The molecule has 0 spiro atoms. The standard InChI is InChI=1S/C56H93O11P/c1-4-7-10-13-16-19-22-25-26-29-32-35-38-41-44-47-56(60)67-53(49-63-54(58)45-42-39-36-33-30-27-23-20-17-14-11-8-5-2)51-65-68(61,62)64-50-52(48-57)66-55(59)46-43-40-37-34-31-28-24-21-18-15-12-9-6-3/h7-8,10-11,16-17,19-20,25-27,30,32,35-36,39,52-53,57H,4-6,9,12-15,18,21-24,28-29,31,33-34,37-38,40-51H2,1-3H3,(H,61,62)/b10-7-,11-8-,19-16-,20-17-,26-25-,30-27-,35-32-,39-36-. The smallest absolute Gasteiger partial charge is 0.462 e. The molecule has 0 aromatic rings. The van der Waals surface area contributed by atoms with Crippen LogP contribution >= 0.6 is 7.82 Å². The first kappa shape index (κ1) is 64.4. The largest absolute Gasteiger partial charge is 0.472 e. The Kier molecular flexibility index (Phi) is 47.2. The van der Waals surface area contributed by atoms with Crippen molar-refractivity contribution >= 4 is 25.7 Å². The molecule has 0 fully saturated rings. The minimum absolute atomic E-state index is 0.0925. The lowest BCUT2D eigenvalue weighted by Crippen LogP contribution is -2.30. The predicted octanol–water partition coefficient (Wildman–Crippen LogP) is 14.9. The number of allylic oxidation sites excluding steroid dienone is 16. The Labute approximate surface area is 412 Å². The number of carbonyl (C=O) groups is 3. The third kappa shape index (κ3) is 47.5. The van der Waals surface area contributed by atoms with Crippen LogP contribution in [0.1, 0.15) is 201 Å². The molecule has 11 nitrogen and oxygen atoms in total. The summed E-state index contributed by atoms with van der Waals surface area (Å²) in [5.41, 5.74) is 0. The van der Waals surface area contributed by atoms with Gasteiger partial charge in [0.1, 0.15) is 12.7 Å². The highest BCUT2D eigenvalue weighted by Crippen LogP contribution is 2.43. The monoisotopic (exact) mass is 973 g/mol. The molecule has 0 radical (unpaired) electrons. The molecule has 12 heteroatoms. The Morgan fingerprint density at radius 2 is 0.794 bits per heavy atom. The number of hydrogen-bond acceptors (Lipinski definition) is 10. The van der Waals surface area contributed by atoms with Crippen molar-refractivity contribution in [2.45, 2.75) is 213 Å². The van der Waals surface area contributed by atoms with Gasteiger partial charge in [0.05, 0.1) is 19.8 Å². The van der Waals surface area contributed by atoms with Gasteiger partial charge >= 0.3 is 25.7 Å². The molecule has 0 amide bonds. The van der Waals surface area contributed by atoms with Gasteiger partial charge in [-0.15, -0.1) is 0 Å². The quantitative estimate of drug-likeness (QED) is 0.0197. The van der Waals surface area contributed by atoms with Gasteiger partial charge in [0, 0.05) is 19.3 Å². The van der Waals surface area contributed by atoms with Crippen LogP contribution in [0.25, 0.3) is 0 Å².